The van der Waals surface area contributed by atoms with Gasteiger partial charge in [0.15, 0.2) is 5.76 Å². The highest BCUT2D eigenvalue weighted by molar-refractivity contribution is 6.13. The molecule has 0 aliphatic heterocycles. The highest BCUT2D eigenvalue weighted by atomic mass is 16.5. The molecule has 0 unspecified atom stereocenters. The van der Waals surface area contributed by atoms with Crippen LogP contribution in [0, 0.1) is 0 Å². The maximum Gasteiger partial charge on any atom is 0.256 e. The van der Waals surface area contributed by atoms with Crippen molar-refractivity contribution < 1.29 is 18.7 Å². The Kier molecular flexibility index (Phi) is 5.96. The Morgan fingerprint density at radius 2 is 1.60 bits per heavy atom. The number of carbonyl (C=O) groups excluding carboxylic acids is 2. The molecule has 35 heavy (non-hydrogen) atoms. The van der Waals surface area contributed by atoms with Gasteiger partial charge in [-0.1, -0.05) is 30.3 Å². The van der Waals surface area contributed by atoms with Crippen molar-refractivity contribution in [2.24, 2.45) is 0 Å². The van der Waals surface area contributed by atoms with Crippen molar-refractivity contribution in [3.05, 3.63) is 108 Å². The monoisotopic (exact) mass is 463 g/mol. The number of hydrogen-bond donors (Lipinski definition) is 2. The minimum absolute atomic E-state index is 0.282. The molecule has 7 nitrogen and oxygen atoms in total. The van der Waals surface area contributed by atoms with Gasteiger partial charge in [-0.3, -0.25) is 9.59 Å². The highest BCUT2D eigenvalue weighted by Crippen LogP contribution is 2.27. The third kappa shape index (κ3) is 4.60. The molecule has 0 radical (unpaired) electrons. The summed E-state index contributed by atoms with van der Waals surface area (Å²) >= 11 is 0. The molecule has 2 amide bonds. The fourth-order valence-electron chi connectivity index (χ4n) is 3.76. The SMILES string of the molecule is COc1ccccc1NC(=O)c1ccc(NC(=O)c2cc(-c3ccco3)nc3ccccc23)cc1. The average molecular weight is 463 g/mol. The Morgan fingerprint density at radius 3 is 2.37 bits per heavy atom. The first kappa shape index (κ1) is 21.9. The van der Waals surface area contributed by atoms with Crippen LogP contribution in [0.25, 0.3) is 22.4 Å². The van der Waals surface area contributed by atoms with Gasteiger partial charge in [-0.15, -0.1) is 0 Å². The summed E-state index contributed by atoms with van der Waals surface area (Å²) in [4.78, 5) is 30.5. The van der Waals surface area contributed by atoms with E-state index in [1.807, 2.05) is 36.4 Å². The summed E-state index contributed by atoms with van der Waals surface area (Å²) in [5.74, 6) is 0.580. The van der Waals surface area contributed by atoms with E-state index in [9.17, 15) is 9.59 Å². The molecule has 7 heteroatoms. The maximum absolute atomic E-state index is 13.2. The van der Waals surface area contributed by atoms with E-state index in [-0.39, 0.29) is 11.8 Å². The van der Waals surface area contributed by atoms with E-state index in [0.717, 1.165) is 5.39 Å². The molecule has 0 aliphatic carbocycles. The largest absolute Gasteiger partial charge is 0.495 e. The van der Waals surface area contributed by atoms with Gasteiger partial charge in [0, 0.05) is 16.6 Å². The van der Waals surface area contributed by atoms with Gasteiger partial charge in [0.05, 0.1) is 30.1 Å². The van der Waals surface area contributed by atoms with Crippen LogP contribution in [0.1, 0.15) is 20.7 Å². The number of fused-ring (bicyclic) bond motifs is 1. The lowest BCUT2D eigenvalue weighted by Crippen LogP contribution is -2.14. The number of nitrogens with zero attached hydrogens (tertiary/aromatic N) is 1. The predicted molar refractivity (Wildman–Crippen MR) is 135 cm³/mol. The van der Waals surface area contributed by atoms with Gasteiger partial charge in [-0.25, -0.2) is 4.98 Å². The third-order valence-corrected chi connectivity index (χ3v) is 5.49. The second kappa shape index (κ2) is 9.52. The van der Waals surface area contributed by atoms with Crippen molar-refractivity contribution in [2.75, 3.05) is 17.7 Å². The molecule has 172 valence electrons. The molecule has 0 saturated heterocycles. The second-order valence-electron chi connectivity index (χ2n) is 7.74. The molecule has 5 aromatic rings. The van der Waals surface area contributed by atoms with Crippen LogP contribution >= 0.6 is 0 Å². The van der Waals surface area contributed by atoms with Crippen LogP contribution < -0.4 is 15.4 Å². The topological polar surface area (TPSA) is 93.5 Å². The van der Waals surface area contributed by atoms with E-state index in [1.165, 1.54) is 0 Å². The fourth-order valence-corrected chi connectivity index (χ4v) is 3.76. The first-order valence-corrected chi connectivity index (χ1v) is 10.9. The lowest BCUT2D eigenvalue weighted by molar-refractivity contribution is 0.102. The lowest BCUT2D eigenvalue weighted by Gasteiger charge is -2.11. The van der Waals surface area contributed by atoms with Crippen LogP contribution in [-0.4, -0.2) is 23.9 Å². The molecule has 2 N–H and O–H groups in total. The number of pyridine rings is 1. The number of rotatable bonds is 6. The number of hydrogen-bond acceptors (Lipinski definition) is 5. The summed E-state index contributed by atoms with van der Waals surface area (Å²) in [6.45, 7) is 0. The predicted octanol–water partition coefficient (Wildman–Crippen LogP) is 6.01. The zero-order valence-electron chi connectivity index (χ0n) is 18.8. The molecule has 0 spiro atoms. The number of anilines is 2. The van der Waals surface area contributed by atoms with E-state index in [2.05, 4.69) is 15.6 Å². The van der Waals surface area contributed by atoms with E-state index >= 15 is 0 Å². The summed E-state index contributed by atoms with van der Waals surface area (Å²) < 4.78 is 10.8. The number of aromatic nitrogens is 1. The van der Waals surface area contributed by atoms with E-state index in [4.69, 9.17) is 9.15 Å². The molecule has 0 aliphatic rings. The molecule has 0 bridgehead atoms. The number of ether oxygens (including phenoxy) is 1. The van der Waals surface area contributed by atoms with Crippen LogP contribution in [0.15, 0.2) is 102 Å². The smallest absolute Gasteiger partial charge is 0.256 e. The number of carbonyl (C=O) groups is 2. The number of methoxy groups -OCH3 is 1. The molecule has 5 rings (SSSR count). The quantitative estimate of drug-likeness (QED) is 0.322. The summed E-state index contributed by atoms with van der Waals surface area (Å²) in [6, 6.07) is 26.6. The van der Waals surface area contributed by atoms with Crippen LogP contribution in [0.2, 0.25) is 0 Å². The van der Waals surface area contributed by atoms with Gasteiger partial charge >= 0.3 is 0 Å². The van der Waals surface area contributed by atoms with Crippen LogP contribution in [-0.2, 0) is 0 Å². The van der Waals surface area contributed by atoms with Crippen molar-refractivity contribution in [3.8, 4) is 17.2 Å². The first-order chi connectivity index (χ1) is 17.1. The maximum atomic E-state index is 13.2. The minimum Gasteiger partial charge on any atom is -0.495 e. The van der Waals surface area contributed by atoms with Crippen molar-refractivity contribution in [1.82, 2.24) is 4.98 Å². The van der Waals surface area contributed by atoms with Gasteiger partial charge < -0.3 is 19.8 Å². The van der Waals surface area contributed by atoms with Crippen molar-refractivity contribution in [2.45, 2.75) is 0 Å². The second-order valence-corrected chi connectivity index (χ2v) is 7.74. The van der Waals surface area contributed by atoms with Gasteiger partial charge in [-0.05, 0) is 60.7 Å². The average Bonchev–Trinajstić information content (AvgIpc) is 3.44. The van der Waals surface area contributed by atoms with E-state index in [1.54, 1.807) is 68.0 Å². The number of benzene rings is 3. The third-order valence-electron chi connectivity index (χ3n) is 5.49. The van der Waals surface area contributed by atoms with E-state index in [0.29, 0.717) is 45.2 Å². The Bertz CT molecular complexity index is 1510. The zero-order chi connectivity index (χ0) is 24.2. The highest BCUT2D eigenvalue weighted by Gasteiger charge is 2.16. The molecule has 0 saturated carbocycles. The van der Waals surface area contributed by atoms with Crippen LogP contribution in [0.3, 0.4) is 0 Å². The summed E-state index contributed by atoms with van der Waals surface area (Å²) in [5.41, 5.74) is 3.32. The Morgan fingerprint density at radius 1 is 0.829 bits per heavy atom. The minimum atomic E-state index is -0.289. The molecule has 0 fully saturated rings. The number of para-hydroxylation sites is 3. The molecule has 0 atom stereocenters. The van der Waals surface area contributed by atoms with Crippen LogP contribution in [0.4, 0.5) is 11.4 Å². The Hall–Kier alpha value is -4.91. The molecular weight excluding hydrogens is 442 g/mol. The van der Waals surface area contributed by atoms with Crippen molar-refractivity contribution in [1.29, 1.82) is 0 Å². The normalized spacial score (nSPS) is 10.7. The summed E-state index contributed by atoms with van der Waals surface area (Å²) in [5, 5.41) is 6.47. The summed E-state index contributed by atoms with van der Waals surface area (Å²) in [6.07, 6.45) is 1.57. The lowest BCUT2D eigenvalue weighted by atomic mass is 10.1. The number of nitrogens with one attached hydrogen (secondary N) is 2. The summed E-state index contributed by atoms with van der Waals surface area (Å²) in [7, 11) is 1.55. The fraction of sp³-hybridized carbons (Fsp3) is 0.0357. The van der Waals surface area contributed by atoms with Crippen molar-refractivity contribution >= 4 is 34.1 Å². The molecule has 3 aromatic carbocycles. The zero-order valence-corrected chi connectivity index (χ0v) is 18.8. The van der Waals surface area contributed by atoms with E-state index < -0.39 is 0 Å². The van der Waals surface area contributed by atoms with Gasteiger partial charge in [0.25, 0.3) is 11.8 Å². The van der Waals surface area contributed by atoms with Crippen LogP contribution in [0.5, 0.6) is 5.75 Å². The van der Waals surface area contributed by atoms with Gasteiger partial charge in [0.2, 0.25) is 0 Å². The molecule has 2 aromatic heterocycles. The number of amides is 2. The first-order valence-electron chi connectivity index (χ1n) is 10.9. The van der Waals surface area contributed by atoms with Crippen molar-refractivity contribution in [3.63, 3.8) is 0 Å². The molecule has 2 heterocycles. The molecular formula is C28H21N3O4. The number of furan rings is 1. The standard InChI is InChI=1S/C28H21N3O4/c1-34-25-10-5-4-9-23(25)31-27(32)18-12-14-19(15-13-18)29-28(33)21-17-24(26-11-6-16-35-26)30-22-8-3-2-7-20(21)22/h2-17H,1H3,(H,29,33)(H,31,32). The van der Waals surface area contributed by atoms with Gasteiger partial charge in [-0.2, -0.15) is 0 Å². The Balaban J connectivity index is 1.36. The Labute approximate surface area is 201 Å². The van der Waals surface area contributed by atoms with Gasteiger partial charge in [0.1, 0.15) is 11.4 Å².